The predicted molar refractivity (Wildman–Crippen MR) is 120 cm³/mol. The molecule has 1 aliphatic rings. The fourth-order valence-corrected chi connectivity index (χ4v) is 5.24. The van der Waals surface area contributed by atoms with E-state index in [1.165, 1.54) is 42.5 Å². The van der Waals surface area contributed by atoms with Crippen LogP contribution in [0.25, 0.3) is 27.3 Å². The van der Waals surface area contributed by atoms with Gasteiger partial charge < -0.3 is 15.0 Å². The van der Waals surface area contributed by atoms with Crippen molar-refractivity contribution in [2.45, 2.75) is 24.8 Å². The van der Waals surface area contributed by atoms with Gasteiger partial charge in [-0.2, -0.15) is 5.10 Å². The van der Waals surface area contributed by atoms with E-state index in [9.17, 15) is 22.3 Å². The number of rotatable bonds is 8. The topological polar surface area (TPSA) is 165 Å². The van der Waals surface area contributed by atoms with E-state index in [2.05, 4.69) is 25.3 Å². The summed E-state index contributed by atoms with van der Waals surface area (Å²) in [6.07, 6.45) is 0.417. The molecule has 12 nitrogen and oxygen atoms in total. The molecule has 2 N–H and O–H groups in total. The second kappa shape index (κ2) is 8.54. The van der Waals surface area contributed by atoms with Crippen LogP contribution in [-0.2, 0) is 16.1 Å². The molecular formula is C19H15F2N8O4S2-. The summed E-state index contributed by atoms with van der Waals surface area (Å²) >= 11 is -2.23. The first-order valence-electron chi connectivity index (χ1n) is 9.95. The van der Waals surface area contributed by atoms with Gasteiger partial charge in [-0.1, -0.05) is 11.3 Å². The quantitative estimate of drug-likeness (QED) is 0.341. The first kappa shape index (κ1) is 23.1. The van der Waals surface area contributed by atoms with Crippen LogP contribution in [0.4, 0.5) is 14.5 Å². The molecule has 1 atom stereocenters. The van der Waals surface area contributed by atoms with Crippen molar-refractivity contribution in [2.75, 3.05) is 11.4 Å². The molecule has 1 unspecified atom stereocenters. The lowest BCUT2D eigenvalue weighted by Crippen LogP contribution is -2.48. The molecule has 0 spiro atoms. The van der Waals surface area contributed by atoms with Crippen molar-refractivity contribution < 1.29 is 27.1 Å². The standard InChI is InChI=1S/C19H16F2N8O4S2/c1-33-14-6-12(23-8-24-14)10-4-9(29(35(31)32)19(2-3-19)17(22)30)5-13-11(10)7-25-28(13)18-27-26-16(34-18)15(20)21/h4-8,15H,2-3H2,1H3,(H2,22,30)(H,31,32)/p-1. The zero-order valence-electron chi connectivity index (χ0n) is 17.8. The molecule has 16 heteroatoms. The lowest BCUT2D eigenvalue weighted by molar-refractivity contribution is -0.119. The summed E-state index contributed by atoms with van der Waals surface area (Å²) < 4.78 is 58.1. The SMILES string of the molecule is COc1cc(-c2cc(N(S(=O)[O-])C3(C(N)=O)CC3)cc3c2cnn3-c2nnc(C(F)F)s2)ncn1. The fourth-order valence-electron chi connectivity index (χ4n) is 3.74. The van der Waals surface area contributed by atoms with E-state index in [1.807, 2.05) is 0 Å². The minimum absolute atomic E-state index is 0.0458. The second-order valence-electron chi connectivity index (χ2n) is 7.56. The van der Waals surface area contributed by atoms with Crippen LogP contribution < -0.4 is 14.8 Å². The van der Waals surface area contributed by atoms with E-state index in [4.69, 9.17) is 10.5 Å². The summed E-state index contributed by atoms with van der Waals surface area (Å²) in [5.74, 6) is -0.530. The number of fused-ring (bicyclic) bond motifs is 1. The zero-order valence-corrected chi connectivity index (χ0v) is 19.4. The van der Waals surface area contributed by atoms with Crippen molar-refractivity contribution in [3.63, 3.8) is 0 Å². The molecule has 0 saturated heterocycles. The van der Waals surface area contributed by atoms with Gasteiger partial charge in [0.05, 0.1) is 30.2 Å². The van der Waals surface area contributed by atoms with Crippen molar-refractivity contribution in [1.29, 1.82) is 0 Å². The molecule has 35 heavy (non-hydrogen) atoms. The number of halogens is 2. The number of anilines is 1. The third-order valence-electron chi connectivity index (χ3n) is 5.55. The van der Waals surface area contributed by atoms with Crippen molar-refractivity contribution in [1.82, 2.24) is 29.9 Å². The molecule has 1 saturated carbocycles. The molecule has 1 aromatic carbocycles. The molecule has 0 bridgehead atoms. The van der Waals surface area contributed by atoms with E-state index < -0.39 is 34.1 Å². The number of carbonyl (C=O) groups is 1. The number of aromatic nitrogens is 6. The molecule has 3 heterocycles. The van der Waals surface area contributed by atoms with Gasteiger partial charge in [0.2, 0.25) is 16.9 Å². The highest BCUT2D eigenvalue weighted by Crippen LogP contribution is 2.46. The molecule has 1 aliphatic carbocycles. The molecule has 1 amide bonds. The average Bonchev–Trinajstić information content (AvgIpc) is 3.27. The van der Waals surface area contributed by atoms with Gasteiger partial charge in [0, 0.05) is 28.3 Å². The Labute approximate surface area is 202 Å². The van der Waals surface area contributed by atoms with E-state index in [0.717, 1.165) is 4.31 Å². The van der Waals surface area contributed by atoms with Crippen LogP contribution >= 0.6 is 11.3 Å². The third-order valence-corrected chi connectivity index (χ3v) is 7.32. The summed E-state index contributed by atoms with van der Waals surface area (Å²) in [7, 11) is 1.43. The first-order valence-corrected chi connectivity index (χ1v) is 11.8. The molecule has 4 aromatic rings. The van der Waals surface area contributed by atoms with Gasteiger partial charge in [-0.05, 0) is 25.0 Å². The van der Waals surface area contributed by atoms with Crippen LogP contribution in [0.2, 0.25) is 0 Å². The normalized spacial score (nSPS) is 15.3. The highest BCUT2D eigenvalue weighted by atomic mass is 32.2. The van der Waals surface area contributed by atoms with Crippen LogP contribution in [0.1, 0.15) is 24.3 Å². The number of nitrogens with two attached hydrogens (primary N) is 1. The fraction of sp³-hybridized carbons (Fsp3) is 0.263. The molecular weight excluding hydrogens is 506 g/mol. The number of primary amides is 1. The highest BCUT2D eigenvalue weighted by molar-refractivity contribution is 7.80. The van der Waals surface area contributed by atoms with Crippen molar-refractivity contribution in [3.8, 4) is 22.3 Å². The van der Waals surface area contributed by atoms with Crippen molar-refractivity contribution in [2.24, 2.45) is 5.73 Å². The van der Waals surface area contributed by atoms with Gasteiger partial charge in [0.25, 0.3) is 6.43 Å². The second-order valence-corrected chi connectivity index (χ2v) is 9.35. The Morgan fingerprint density at radius 2 is 2.09 bits per heavy atom. The number of hydrogen-bond donors (Lipinski definition) is 1. The maximum absolute atomic E-state index is 13.1. The van der Waals surface area contributed by atoms with Gasteiger partial charge in [0.15, 0.2) is 5.01 Å². The van der Waals surface area contributed by atoms with Crippen LogP contribution in [0.3, 0.4) is 0 Å². The smallest absolute Gasteiger partial charge is 0.291 e. The maximum Gasteiger partial charge on any atom is 0.291 e. The molecule has 5 rings (SSSR count). The van der Waals surface area contributed by atoms with E-state index in [1.54, 1.807) is 0 Å². The van der Waals surface area contributed by atoms with Crippen molar-refractivity contribution >= 4 is 45.1 Å². The lowest BCUT2D eigenvalue weighted by atomic mass is 10.0. The molecule has 182 valence electrons. The molecule has 3 aromatic heterocycles. The number of amides is 1. The van der Waals surface area contributed by atoms with Crippen molar-refractivity contribution in [3.05, 3.63) is 35.7 Å². The molecule has 0 radical (unpaired) electrons. The summed E-state index contributed by atoms with van der Waals surface area (Å²) in [5, 5.41) is 11.6. The van der Waals surface area contributed by atoms with Crippen LogP contribution in [0.15, 0.2) is 30.7 Å². The zero-order chi connectivity index (χ0) is 24.9. The largest absolute Gasteiger partial charge is 0.755 e. The summed E-state index contributed by atoms with van der Waals surface area (Å²) in [5.41, 5.74) is 5.37. The minimum Gasteiger partial charge on any atom is -0.755 e. The van der Waals surface area contributed by atoms with Crippen LogP contribution in [-0.4, -0.2) is 57.3 Å². The van der Waals surface area contributed by atoms with Crippen LogP contribution in [0, 0.1) is 0 Å². The average molecular weight is 522 g/mol. The Balaban J connectivity index is 1.77. The Morgan fingerprint density at radius 1 is 1.31 bits per heavy atom. The molecule has 1 fully saturated rings. The Hall–Kier alpha value is -3.63. The highest BCUT2D eigenvalue weighted by Gasteiger charge is 2.55. The van der Waals surface area contributed by atoms with E-state index >= 15 is 0 Å². The summed E-state index contributed by atoms with van der Waals surface area (Å²) in [4.78, 5) is 20.4. The Morgan fingerprint density at radius 3 is 2.69 bits per heavy atom. The third kappa shape index (κ3) is 3.88. The number of alkyl halides is 2. The monoisotopic (exact) mass is 521 g/mol. The first-order chi connectivity index (χ1) is 16.7. The number of methoxy groups -OCH3 is 1. The van der Waals surface area contributed by atoms with Gasteiger partial charge in [-0.15, -0.1) is 10.2 Å². The number of hydrogen-bond acceptors (Lipinski definition) is 10. The number of nitrogens with zero attached hydrogens (tertiary/aromatic N) is 7. The Kier molecular flexibility index (Phi) is 5.65. The summed E-state index contributed by atoms with van der Waals surface area (Å²) in [6.45, 7) is 0. The van der Waals surface area contributed by atoms with Gasteiger partial charge in [-0.3, -0.25) is 13.3 Å². The number of ether oxygens (including phenoxy) is 1. The van der Waals surface area contributed by atoms with Gasteiger partial charge >= 0.3 is 0 Å². The lowest BCUT2D eigenvalue weighted by Gasteiger charge is -2.33. The minimum atomic E-state index is -2.87. The maximum atomic E-state index is 13.1. The number of carbonyl (C=O) groups excluding carboxylic acids is 1. The van der Waals surface area contributed by atoms with Gasteiger partial charge in [-0.25, -0.2) is 23.4 Å². The van der Waals surface area contributed by atoms with Gasteiger partial charge in [0.1, 0.15) is 11.9 Å². The Bertz CT molecular complexity index is 1470. The van der Waals surface area contributed by atoms with E-state index in [-0.39, 0.29) is 29.5 Å². The van der Waals surface area contributed by atoms with E-state index in [0.29, 0.717) is 33.5 Å². The summed E-state index contributed by atoms with van der Waals surface area (Å²) in [6, 6.07) is 4.53. The number of benzene rings is 1. The van der Waals surface area contributed by atoms with Crippen LogP contribution in [0.5, 0.6) is 5.88 Å². The molecule has 0 aliphatic heterocycles. The predicted octanol–water partition coefficient (Wildman–Crippen LogP) is 1.90.